The van der Waals surface area contributed by atoms with Gasteiger partial charge in [-0.25, -0.2) is 9.78 Å². The molecule has 0 aliphatic carbocycles. The minimum atomic E-state index is -0.272. The molecular weight excluding hydrogens is 310 g/mol. The monoisotopic (exact) mass is 325 g/mol. The summed E-state index contributed by atoms with van der Waals surface area (Å²) in [7, 11) is 0. The van der Waals surface area contributed by atoms with E-state index in [9.17, 15) is 9.59 Å². The van der Waals surface area contributed by atoms with Gasteiger partial charge in [0.25, 0.3) is 4.74 Å². The Morgan fingerprint density at radius 1 is 1.38 bits per heavy atom. The first-order chi connectivity index (χ1) is 10.2. The van der Waals surface area contributed by atoms with Crippen molar-refractivity contribution in [2.45, 2.75) is 6.92 Å². The molecule has 3 rings (SSSR count). The summed E-state index contributed by atoms with van der Waals surface area (Å²) < 4.78 is 5.77. The number of hydrogen-bond acceptors (Lipinski definition) is 7. The van der Waals surface area contributed by atoms with Crippen molar-refractivity contribution in [3.8, 4) is 0 Å². The highest BCUT2D eigenvalue weighted by atomic mass is 32.1. The summed E-state index contributed by atoms with van der Waals surface area (Å²) in [5, 5.41) is 2.61. The Morgan fingerprint density at radius 3 is 2.86 bits per heavy atom. The SMILES string of the molecule is CCOC(=O)N1CCN(c2nc3ccsc3c(=O)s2)CC1. The van der Waals surface area contributed by atoms with Crippen LogP contribution < -0.4 is 9.64 Å². The zero-order valence-electron chi connectivity index (χ0n) is 11.6. The first-order valence-corrected chi connectivity index (χ1v) is 8.43. The summed E-state index contributed by atoms with van der Waals surface area (Å²) in [5.74, 6) is 0. The maximum atomic E-state index is 12.0. The standard InChI is InChI=1S/C13H15N3O3S2/c1-2-19-13(18)16-6-4-15(5-7-16)12-14-9-3-8-20-10(9)11(17)21-12/h3,8H,2,4-7H2,1H3. The third-order valence-corrected chi connectivity index (χ3v) is 5.26. The van der Waals surface area contributed by atoms with Gasteiger partial charge < -0.3 is 14.5 Å². The molecule has 6 nitrogen and oxygen atoms in total. The number of anilines is 1. The summed E-state index contributed by atoms with van der Waals surface area (Å²) in [6.07, 6.45) is -0.272. The number of nitrogens with zero attached hydrogens (tertiary/aromatic N) is 3. The van der Waals surface area contributed by atoms with Gasteiger partial charge in [0.15, 0.2) is 5.13 Å². The van der Waals surface area contributed by atoms with E-state index < -0.39 is 0 Å². The quantitative estimate of drug-likeness (QED) is 0.845. The molecule has 0 atom stereocenters. The van der Waals surface area contributed by atoms with Crippen molar-refractivity contribution in [1.29, 1.82) is 0 Å². The first-order valence-electron chi connectivity index (χ1n) is 6.74. The Bertz CT molecular complexity index is 704. The molecule has 0 spiro atoms. The molecule has 0 saturated carbocycles. The average Bonchev–Trinajstić information content (AvgIpc) is 2.97. The van der Waals surface area contributed by atoms with Gasteiger partial charge in [-0.1, -0.05) is 11.3 Å². The van der Waals surface area contributed by atoms with E-state index in [-0.39, 0.29) is 10.8 Å². The highest BCUT2D eigenvalue weighted by molar-refractivity contribution is 7.21. The molecule has 21 heavy (non-hydrogen) atoms. The van der Waals surface area contributed by atoms with Gasteiger partial charge in [0.1, 0.15) is 4.70 Å². The smallest absolute Gasteiger partial charge is 0.409 e. The summed E-state index contributed by atoms with van der Waals surface area (Å²) in [4.78, 5) is 32.0. The van der Waals surface area contributed by atoms with Crippen molar-refractivity contribution in [2.24, 2.45) is 0 Å². The summed E-state index contributed by atoms with van der Waals surface area (Å²) in [5.41, 5.74) is 0.756. The lowest BCUT2D eigenvalue weighted by atomic mass is 10.3. The second-order valence-electron chi connectivity index (χ2n) is 4.59. The fraction of sp³-hybridized carbons (Fsp3) is 0.462. The van der Waals surface area contributed by atoms with Crippen LogP contribution >= 0.6 is 22.7 Å². The van der Waals surface area contributed by atoms with E-state index in [0.29, 0.717) is 37.5 Å². The van der Waals surface area contributed by atoms with Gasteiger partial charge in [-0.2, -0.15) is 0 Å². The van der Waals surface area contributed by atoms with Gasteiger partial charge >= 0.3 is 6.09 Å². The van der Waals surface area contributed by atoms with Gasteiger partial charge in [0.2, 0.25) is 0 Å². The molecule has 1 aliphatic rings. The molecule has 0 N–H and O–H groups in total. The van der Waals surface area contributed by atoms with Crippen LogP contribution in [0.1, 0.15) is 6.92 Å². The highest BCUT2D eigenvalue weighted by Gasteiger charge is 2.23. The third-order valence-electron chi connectivity index (χ3n) is 3.31. The van der Waals surface area contributed by atoms with Crippen LogP contribution in [0.5, 0.6) is 0 Å². The minimum absolute atomic E-state index is 0.0535. The van der Waals surface area contributed by atoms with Crippen LogP contribution in [0.25, 0.3) is 10.2 Å². The first kappa shape index (κ1) is 14.3. The Labute approximate surface area is 129 Å². The van der Waals surface area contributed by atoms with E-state index in [1.807, 2.05) is 11.4 Å². The molecule has 1 fully saturated rings. The van der Waals surface area contributed by atoms with Gasteiger partial charge in [0, 0.05) is 26.2 Å². The van der Waals surface area contributed by atoms with E-state index in [0.717, 1.165) is 10.6 Å². The predicted molar refractivity (Wildman–Crippen MR) is 84.6 cm³/mol. The number of hydrogen-bond donors (Lipinski definition) is 0. The van der Waals surface area contributed by atoms with Crippen LogP contribution in [0.3, 0.4) is 0 Å². The average molecular weight is 325 g/mol. The lowest BCUT2D eigenvalue weighted by Gasteiger charge is -2.34. The van der Waals surface area contributed by atoms with Crippen LogP contribution in [-0.4, -0.2) is 48.8 Å². The zero-order chi connectivity index (χ0) is 14.8. The topological polar surface area (TPSA) is 62.7 Å². The molecule has 1 aliphatic heterocycles. The van der Waals surface area contributed by atoms with E-state index in [1.165, 1.54) is 22.7 Å². The van der Waals surface area contributed by atoms with E-state index in [1.54, 1.807) is 11.8 Å². The van der Waals surface area contributed by atoms with Crippen LogP contribution in [0.4, 0.5) is 9.93 Å². The van der Waals surface area contributed by atoms with Crippen molar-refractivity contribution < 1.29 is 9.53 Å². The maximum Gasteiger partial charge on any atom is 0.409 e. The fourth-order valence-electron chi connectivity index (χ4n) is 2.23. The normalized spacial score (nSPS) is 15.5. The molecule has 2 aromatic heterocycles. The molecule has 3 heterocycles. The number of rotatable bonds is 2. The molecular formula is C13H15N3O3S2. The number of aromatic nitrogens is 1. The van der Waals surface area contributed by atoms with Crippen molar-refractivity contribution in [3.63, 3.8) is 0 Å². The zero-order valence-corrected chi connectivity index (χ0v) is 13.2. The second kappa shape index (κ2) is 5.98. The third kappa shape index (κ3) is 2.86. The number of fused-ring (bicyclic) bond motifs is 1. The number of carbonyl (C=O) groups is 1. The lowest BCUT2D eigenvalue weighted by Crippen LogP contribution is -2.49. The van der Waals surface area contributed by atoms with Crippen LogP contribution in [0, 0.1) is 0 Å². The molecule has 0 bridgehead atoms. The number of carbonyl (C=O) groups excluding carboxylic acids is 1. The van der Waals surface area contributed by atoms with Crippen LogP contribution in [0.15, 0.2) is 16.2 Å². The molecule has 0 aromatic carbocycles. The Morgan fingerprint density at radius 2 is 2.14 bits per heavy atom. The number of piperazine rings is 1. The van der Waals surface area contributed by atoms with Crippen LogP contribution in [-0.2, 0) is 4.74 Å². The predicted octanol–water partition coefficient (Wildman–Crippen LogP) is 2.00. The van der Waals surface area contributed by atoms with Crippen molar-refractivity contribution >= 4 is 44.1 Å². The maximum absolute atomic E-state index is 12.0. The van der Waals surface area contributed by atoms with E-state index in [2.05, 4.69) is 9.88 Å². The largest absolute Gasteiger partial charge is 0.450 e. The van der Waals surface area contributed by atoms with Gasteiger partial charge in [0.05, 0.1) is 12.1 Å². The van der Waals surface area contributed by atoms with Gasteiger partial charge in [-0.05, 0) is 18.4 Å². The summed E-state index contributed by atoms with van der Waals surface area (Å²) >= 11 is 2.60. The second-order valence-corrected chi connectivity index (χ2v) is 6.45. The molecule has 0 radical (unpaired) electrons. The van der Waals surface area contributed by atoms with Gasteiger partial charge in [-0.15, -0.1) is 11.3 Å². The van der Waals surface area contributed by atoms with Crippen LogP contribution in [0.2, 0.25) is 0 Å². The Kier molecular flexibility index (Phi) is 4.07. The molecule has 0 unspecified atom stereocenters. The Balaban J connectivity index is 1.73. The molecule has 1 amide bonds. The van der Waals surface area contributed by atoms with Crippen molar-refractivity contribution in [3.05, 3.63) is 21.0 Å². The highest BCUT2D eigenvalue weighted by Crippen LogP contribution is 2.23. The summed E-state index contributed by atoms with van der Waals surface area (Å²) in [6.45, 7) is 4.68. The van der Waals surface area contributed by atoms with Crippen molar-refractivity contribution in [1.82, 2.24) is 9.88 Å². The summed E-state index contributed by atoms with van der Waals surface area (Å²) in [6, 6.07) is 1.87. The van der Waals surface area contributed by atoms with E-state index in [4.69, 9.17) is 4.74 Å². The fourth-order valence-corrected chi connectivity index (χ4v) is 3.98. The van der Waals surface area contributed by atoms with E-state index >= 15 is 0 Å². The number of ether oxygens (including phenoxy) is 1. The number of amides is 1. The lowest BCUT2D eigenvalue weighted by molar-refractivity contribution is 0.105. The van der Waals surface area contributed by atoms with Crippen molar-refractivity contribution in [2.75, 3.05) is 37.7 Å². The molecule has 1 saturated heterocycles. The van der Waals surface area contributed by atoms with Gasteiger partial charge in [-0.3, -0.25) is 4.79 Å². The molecule has 112 valence electrons. The minimum Gasteiger partial charge on any atom is -0.450 e. The molecule has 2 aromatic rings. The Hall–Kier alpha value is -1.67. The molecule has 8 heteroatoms. The number of thiophene rings is 1.